The third-order valence-electron chi connectivity index (χ3n) is 4.12. The van der Waals surface area contributed by atoms with Gasteiger partial charge >= 0.3 is 0 Å². The maximum Gasteiger partial charge on any atom is 0.0406 e. The fraction of sp³-hybridized carbons (Fsp3) is 0.647. The van der Waals surface area contributed by atoms with Crippen molar-refractivity contribution in [1.29, 1.82) is 0 Å². The lowest BCUT2D eigenvalue weighted by Crippen LogP contribution is -2.32. The zero-order valence-corrected chi connectivity index (χ0v) is 13.3. The first-order chi connectivity index (χ1) is 9.78. The summed E-state index contributed by atoms with van der Waals surface area (Å²) in [5, 5.41) is 4.55. The molecule has 3 heteroatoms. The summed E-state index contributed by atoms with van der Waals surface area (Å²) in [5.74, 6) is 0. The lowest BCUT2D eigenvalue weighted by Gasteiger charge is -2.19. The SMILES string of the molecule is CCCN1CCCC(NCCc2ccc(Cl)cc2)CC1. The van der Waals surface area contributed by atoms with Gasteiger partial charge in [-0.2, -0.15) is 0 Å². The van der Waals surface area contributed by atoms with Crippen molar-refractivity contribution in [3.8, 4) is 0 Å². The van der Waals surface area contributed by atoms with Crippen molar-refractivity contribution in [3.63, 3.8) is 0 Å². The zero-order chi connectivity index (χ0) is 14.2. The van der Waals surface area contributed by atoms with E-state index in [0.717, 1.165) is 18.0 Å². The highest BCUT2D eigenvalue weighted by molar-refractivity contribution is 6.30. The van der Waals surface area contributed by atoms with Crippen LogP contribution in [0.4, 0.5) is 0 Å². The molecule has 0 bridgehead atoms. The molecule has 0 radical (unpaired) electrons. The van der Waals surface area contributed by atoms with Gasteiger partial charge in [-0.25, -0.2) is 0 Å². The molecular formula is C17H27ClN2. The molecule has 0 amide bonds. The van der Waals surface area contributed by atoms with Crippen molar-refractivity contribution >= 4 is 11.6 Å². The summed E-state index contributed by atoms with van der Waals surface area (Å²) < 4.78 is 0. The second kappa shape index (κ2) is 8.66. The Morgan fingerprint density at radius 2 is 2.00 bits per heavy atom. The number of rotatable bonds is 6. The van der Waals surface area contributed by atoms with Crippen LogP contribution in [-0.2, 0) is 6.42 Å². The Morgan fingerprint density at radius 3 is 2.75 bits per heavy atom. The molecule has 1 aliphatic rings. The van der Waals surface area contributed by atoms with E-state index in [1.54, 1.807) is 0 Å². The Labute approximate surface area is 128 Å². The normalized spacial score (nSPS) is 20.8. The topological polar surface area (TPSA) is 15.3 Å². The van der Waals surface area contributed by atoms with Crippen LogP contribution in [0, 0.1) is 0 Å². The van der Waals surface area contributed by atoms with Crippen LogP contribution < -0.4 is 5.32 Å². The number of halogens is 1. The number of hydrogen-bond acceptors (Lipinski definition) is 2. The number of likely N-dealkylation sites (tertiary alicyclic amines) is 1. The number of hydrogen-bond donors (Lipinski definition) is 1. The Balaban J connectivity index is 1.67. The summed E-state index contributed by atoms with van der Waals surface area (Å²) in [6, 6.07) is 8.90. The molecule has 1 aromatic rings. The molecule has 0 aromatic heterocycles. The van der Waals surface area contributed by atoms with Gasteiger partial charge in [0, 0.05) is 11.1 Å². The van der Waals surface area contributed by atoms with E-state index in [-0.39, 0.29) is 0 Å². The second-order valence-electron chi connectivity index (χ2n) is 5.80. The van der Waals surface area contributed by atoms with Crippen LogP contribution in [0.2, 0.25) is 5.02 Å². The van der Waals surface area contributed by atoms with Gasteiger partial charge in [-0.1, -0.05) is 30.7 Å². The summed E-state index contributed by atoms with van der Waals surface area (Å²) in [7, 11) is 0. The van der Waals surface area contributed by atoms with Gasteiger partial charge in [0.25, 0.3) is 0 Å². The molecule has 1 aromatic carbocycles. The van der Waals surface area contributed by atoms with Gasteiger partial charge in [-0.05, 0) is 76.0 Å². The molecule has 1 atom stereocenters. The summed E-state index contributed by atoms with van der Waals surface area (Å²) >= 11 is 5.90. The molecule has 1 N–H and O–H groups in total. The van der Waals surface area contributed by atoms with Gasteiger partial charge in [0.2, 0.25) is 0 Å². The highest BCUT2D eigenvalue weighted by Crippen LogP contribution is 2.12. The second-order valence-corrected chi connectivity index (χ2v) is 6.24. The summed E-state index contributed by atoms with van der Waals surface area (Å²) in [4.78, 5) is 2.61. The summed E-state index contributed by atoms with van der Waals surface area (Å²) in [6.07, 6.45) is 6.31. The van der Waals surface area contributed by atoms with Crippen molar-refractivity contribution < 1.29 is 0 Å². The highest BCUT2D eigenvalue weighted by Gasteiger charge is 2.15. The predicted octanol–water partition coefficient (Wildman–Crippen LogP) is 3.74. The zero-order valence-electron chi connectivity index (χ0n) is 12.6. The van der Waals surface area contributed by atoms with Crippen LogP contribution in [0.5, 0.6) is 0 Å². The third-order valence-corrected chi connectivity index (χ3v) is 4.37. The Hall–Kier alpha value is -0.570. The molecular weight excluding hydrogens is 268 g/mol. The van der Waals surface area contributed by atoms with Gasteiger partial charge in [-0.3, -0.25) is 0 Å². The molecule has 20 heavy (non-hydrogen) atoms. The molecule has 1 heterocycles. The predicted molar refractivity (Wildman–Crippen MR) is 87.5 cm³/mol. The van der Waals surface area contributed by atoms with E-state index in [4.69, 9.17) is 11.6 Å². The van der Waals surface area contributed by atoms with Crippen LogP contribution in [0.25, 0.3) is 0 Å². The van der Waals surface area contributed by atoms with E-state index < -0.39 is 0 Å². The van der Waals surface area contributed by atoms with Gasteiger partial charge < -0.3 is 10.2 Å². The number of benzene rings is 1. The quantitative estimate of drug-likeness (QED) is 0.860. The first-order valence-corrected chi connectivity index (χ1v) is 8.36. The molecule has 1 fully saturated rings. The lowest BCUT2D eigenvalue weighted by atomic mass is 10.1. The standard InChI is InChI=1S/C17H27ClN2/c1-2-12-20-13-3-4-17(10-14-20)19-11-9-15-5-7-16(18)8-6-15/h5-8,17,19H,2-4,9-14H2,1H3. The van der Waals surface area contributed by atoms with Crippen LogP contribution >= 0.6 is 11.6 Å². The van der Waals surface area contributed by atoms with E-state index in [2.05, 4.69) is 29.3 Å². The van der Waals surface area contributed by atoms with E-state index >= 15 is 0 Å². The van der Waals surface area contributed by atoms with E-state index in [0.29, 0.717) is 6.04 Å². The fourth-order valence-corrected chi connectivity index (χ4v) is 3.10. The van der Waals surface area contributed by atoms with E-state index in [1.807, 2.05) is 12.1 Å². The Kier molecular flexibility index (Phi) is 6.85. The fourth-order valence-electron chi connectivity index (χ4n) is 2.97. The van der Waals surface area contributed by atoms with Crippen LogP contribution in [0.3, 0.4) is 0 Å². The molecule has 0 aliphatic carbocycles. The maximum atomic E-state index is 5.90. The Morgan fingerprint density at radius 1 is 1.20 bits per heavy atom. The van der Waals surface area contributed by atoms with Crippen molar-refractivity contribution in [2.45, 2.75) is 45.1 Å². The van der Waals surface area contributed by atoms with E-state index in [1.165, 1.54) is 50.9 Å². The van der Waals surface area contributed by atoms with Crippen LogP contribution in [-0.4, -0.2) is 37.1 Å². The smallest absolute Gasteiger partial charge is 0.0406 e. The van der Waals surface area contributed by atoms with Crippen molar-refractivity contribution in [2.24, 2.45) is 0 Å². The van der Waals surface area contributed by atoms with Crippen LogP contribution in [0.15, 0.2) is 24.3 Å². The van der Waals surface area contributed by atoms with E-state index in [9.17, 15) is 0 Å². The average Bonchev–Trinajstić information content (AvgIpc) is 2.67. The van der Waals surface area contributed by atoms with Crippen molar-refractivity contribution in [3.05, 3.63) is 34.9 Å². The molecule has 1 unspecified atom stereocenters. The molecule has 0 saturated carbocycles. The minimum atomic E-state index is 0.698. The van der Waals surface area contributed by atoms with Gasteiger partial charge in [-0.15, -0.1) is 0 Å². The third kappa shape index (κ3) is 5.43. The summed E-state index contributed by atoms with van der Waals surface area (Å²) in [6.45, 7) is 7.14. The summed E-state index contributed by atoms with van der Waals surface area (Å²) in [5.41, 5.74) is 1.36. The monoisotopic (exact) mass is 294 g/mol. The molecule has 2 nitrogen and oxygen atoms in total. The molecule has 0 spiro atoms. The van der Waals surface area contributed by atoms with Gasteiger partial charge in [0.15, 0.2) is 0 Å². The van der Waals surface area contributed by atoms with Gasteiger partial charge in [0.05, 0.1) is 0 Å². The average molecular weight is 295 g/mol. The van der Waals surface area contributed by atoms with Crippen molar-refractivity contribution in [2.75, 3.05) is 26.2 Å². The lowest BCUT2D eigenvalue weighted by molar-refractivity contribution is 0.283. The molecule has 112 valence electrons. The molecule has 1 aliphatic heterocycles. The van der Waals surface area contributed by atoms with Crippen molar-refractivity contribution in [1.82, 2.24) is 10.2 Å². The minimum absolute atomic E-state index is 0.698. The maximum absolute atomic E-state index is 5.90. The van der Waals surface area contributed by atoms with Crippen LogP contribution in [0.1, 0.15) is 38.2 Å². The van der Waals surface area contributed by atoms with Gasteiger partial charge in [0.1, 0.15) is 0 Å². The Bertz CT molecular complexity index is 377. The minimum Gasteiger partial charge on any atom is -0.314 e. The first-order valence-electron chi connectivity index (χ1n) is 7.98. The number of nitrogens with one attached hydrogen (secondary N) is 1. The number of nitrogens with zero attached hydrogens (tertiary/aromatic N) is 1. The highest BCUT2D eigenvalue weighted by atomic mass is 35.5. The largest absolute Gasteiger partial charge is 0.314 e. The molecule has 1 saturated heterocycles. The first kappa shape index (κ1) is 15.8. The molecule has 2 rings (SSSR count).